The number of hydrogen-bond acceptors (Lipinski definition) is 2. The van der Waals surface area contributed by atoms with Gasteiger partial charge in [0.05, 0.1) is 12.1 Å². The molecule has 0 saturated heterocycles. The maximum Gasteiger partial charge on any atom is 0.0988 e. The maximum atomic E-state index is 8.43. The molecule has 0 aromatic heterocycles. The number of nitrogens with zero attached hydrogens (tertiary/aromatic N) is 2. The van der Waals surface area contributed by atoms with Crippen LogP contribution in [0.5, 0.6) is 0 Å². The van der Waals surface area contributed by atoms with Gasteiger partial charge in [0.15, 0.2) is 0 Å². The molecule has 0 aliphatic heterocycles. The van der Waals surface area contributed by atoms with Gasteiger partial charge in [-0.3, -0.25) is 0 Å². The third kappa shape index (κ3) is 8.10. The second kappa shape index (κ2) is 10.2. The summed E-state index contributed by atoms with van der Waals surface area (Å²) in [7, 11) is 0. The fraction of sp³-hybridized carbons (Fsp3) is 0.273. The fourth-order valence-corrected chi connectivity index (χ4v) is 0.426. The largest absolute Gasteiger partial charge is 0.192 e. The molecule has 13 heavy (non-hydrogen) atoms. The maximum absolute atomic E-state index is 8.43. The summed E-state index contributed by atoms with van der Waals surface area (Å²) in [6.07, 6.45) is 4.74. The highest BCUT2D eigenvalue weighted by Crippen LogP contribution is 1.97. The van der Waals surface area contributed by atoms with Gasteiger partial charge in [0, 0.05) is 11.1 Å². The van der Waals surface area contributed by atoms with Crippen LogP contribution >= 0.6 is 0 Å². The van der Waals surface area contributed by atoms with Crippen molar-refractivity contribution < 1.29 is 0 Å². The minimum atomic E-state index is 0.347. The Morgan fingerprint density at radius 2 is 1.69 bits per heavy atom. The number of rotatable bonds is 2. The molecule has 0 spiro atoms. The van der Waals surface area contributed by atoms with Crippen molar-refractivity contribution >= 4 is 0 Å². The normalized spacial score (nSPS) is 9.46. The lowest BCUT2D eigenvalue weighted by molar-refractivity contribution is 1.47. The molecule has 0 saturated carbocycles. The minimum absolute atomic E-state index is 0.347. The van der Waals surface area contributed by atoms with E-state index in [1.54, 1.807) is 19.1 Å². The molecular weight excluding hydrogens is 160 g/mol. The standard InChI is InChI=1S/C9H8N2.C2H6/c1-3-9(7-11)5-4-8(2)6-10;1-2/h3-5H,2H2,1H3;1-2H3/b5-4-,9-3+;. The predicted molar refractivity (Wildman–Crippen MR) is 54.6 cm³/mol. The van der Waals surface area contributed by atoms with Crippen molar-refractivity contribution in [2.45, 2.75) is 20.8 Å². The predicted octanol–water partition coefficient (Wildman–Crippen LogP) is 3.12. The molecule has 0 N–H and O–H groups in total. The van der Waals surface area contributed by atoms with Crippen molar-refractivity contribution in [1.29, 1.82) is 10.5 Å². The van der Waals surface area contributed by atoms with E-state index in [9.17, 15) is 0 Å². The van der Waals surface area contributed by atoms with Gasteiger partial charge < -0.3 is 0 Å². The highest BCUT2D eigenvalue weighted by molar-refractivity contribution is 5.39. The summed E-state index contributed by atoms with van der Waals surface area (Å²) in [5.41, 5.74) is 0.876. The molecule has 0 aliphatic carbocycles. The Morgan fingerprint density at radius 3 is 2.00 bits per heavy atom. The monoisotopic (exact) mass is 174 g/mol. The summed E-state index contributed by atoms with van der Waals surface area (Å²) < 4.78 is 0. The summed E-state index contributed by atoms with van der Waals surface area (Å²) in [6.45, 7) is 9.19. The van der Waals surface area contributed by atoms with E-state index in [1.807, 2.05) is 26.0 Å². The van der Waals surface area contributed by atoms with Crippen LogP contribution in [0.1, 0.15) is 20.8 Å². The highest BCUT2D eigenvalue weighted by Gasteiger charge is 1.85. The molecule has 0 unspecified atom stereocenters. The molecule has 68 valence electrons. The lowest BCUT2D eigenvalue weighted by atomic mass is 10.2. The van der Waals surface area contributed by atoms with E-state index < -0.39 is 0 Å². The Hall–Kier alpha value is -1.80. The average molecular weight is 174 g/mol. The van der Waals surface area contributed by atoms with Crippen molar-refractivity contribution in [3.05, 3.63) is 36.0 Å². The Balaban J connectivity index is 0. The summed E-state index contributed by atoms with van der Waals surface area (Å²) in [6, 6.07) is 3.81. The zero-order chi connectivity index (χ0) is 10.7. The first kappa shape index (κ1) is 13.8. The van der Waals surface area contributed by atoms with Gasteiger partial charge in [-0.2, -0.15) is 10.5 Å². The highest BCUT2D eigenvalue weighted by atomic mass is 14.2. The lowest BCUT2D eigenvalue weighted by Gasteiger charge is -1.82. The zero-order valence-corrected chi connectivity index (χ0v) is 8.33. The van der Waals surface area contributed by atoms with Crippen molar-refractivity contribution in [3.8, 4) is 12.1 Å². The zero-order valence-electron chi connectivity index (χ0n) is 8.33. The third-order valence-electron chi connectivity index (χ3n) is 1.05. The fourth-order valence-electron chi connectivity index (χ4n) is 0.426. The molecule has 0 heterocycles. The van der Waals surface area contributed by atoms with E-state index in [0.29, 0.717) is 11.1 Å². The van der Waals surface area contributed by atoms with Crippen LogP contribution in [0.4, 0.5) is 0 Å². The van der Waals surface area contributed by atoms with E-state index >= 15 is 0 Å². The molecule has 0 rings (SSSR count). The van der Waals surface area contributed by atoms with Crippen LogP contribution in [0.15, 0.2) is 36.0 Å². The van der Waals surface area contributed by atoms with Crippen molar-refractivity contribution in [1.82, 2.24) is 0 Å². The molecule has 0 bridgehead atoms. The van der Waals surface area contributed by atoms with Crippen LogP contribution < -0.4 is 0 Å². The first-order chi connectivity index (χ1) is 6.24. The van der Waals surface area contributed by atoms with Gasteiger partial charge in [0.1, 0.15) is 0 Å². The summed E-state index contributed by atoms with van der Waals surface area (Å²) in [5, 5.41) is 16.7. The summed E-state index contributed by atoms with van der Waals surface area (Å²) in [4.78, 5) is 0. The average Bonchev–Trinajstić information content (AvgIpc) is 2.22. The van der Waals surface area contributed by atoms with Crippen LogP contribution in [0, 0.1) is 22.7 Å². The summed E-state index contributed by atoms with van der Waals surface area (Å²) in [5.74, 6) is 0. The molecular formula is C11H14N2. The first-order valence-corrected chi connectivity index (χ1v) is 4.08. The molecule has 2 heteroatoms. The molecule has 0 aromatic rings. The van der Waals surface area contributed by atoms with Gasteiger partial charge in [0.25, 0.3) is 0 Å². The number of nitriles is 2. The van der Waals surface area contributed by atoms with E-state index in [0.717, 1.165) is 0 Å². The second-order valence-electron chi connectivity index (χ2n) is 1.83. The topological polar surface area (TPSA) is 47.6 Å². The van der Waals surface area contributed by atoms with Crippen LogP contribution in [0.3, 0.4) is 0 Å². The van der Waals surface area contributed by atoms with Crippen LogP contribution in [-0.2, 0) is 0 Å². The Morgan fingerprint density at radius 1 is 1.15 bits per heavy atom. The Labute approximate surface area is 80.1 Å². The molecule has 0 amide bonds. The molecule has 0 radical (unpaired) electrons. The van der Waals surface area contributed by atoms with Crippen molar-refractivity contribution in [2.75, 3.05) is 0 Å². The Kier molecular flexibility index (Phi) is 10.8. The molecule has 0 fully saturated rings. The number of allylic oxidation sites excluding steroid dienone is 5. The van der Waals surface area contributed by atoms with Crippen molar-refractivity contribution in [3.63, 3.8) is 0 Å². The van der Waals surface area contributed by atoms with E-state index in [1.165, 1.54) is 6.08 Å². The quantitative estimate of drug-likeness (QED) is 0.477. The first-order valence-electron chi connectivity index (χ1n) is 4.08. The van der Waals surface area contributed by atoms with Crippen LogP contribution in [0.25, 0.3) is 0 Å². The third-order valence-corrected chi connectivity index (χ3v) is 1.05. The summed E-state index contributed by atoms with van der Waals surface area (Å²) >= 11 is 0. The molecule has 0 atom stereocenters. The van der Waals surface area contributed by atoms with Gasteiger partial charge in [-0.05, 0) is 19.1 Å². The minimum Gasteiger partial charge on any atom is -0.192 e. The van der Waals surface area contributed by atoms with E-state index in [-0.39, 0.29) is 0 Å². The van der Waals surface area contributed by atoms with E-state index in [4.69, 9.17) is 10.5 Å². The van der Waals surface area contributed by atoms with Gasteiger partial charge in [-0.15, -0.1) is 0 Å². The molecule has 0 aromatic carbocycles. The van der Waals surface area contributed by atoms with Crippen molar-refractivity contribution in [2.24, 2.45) is 0 Å². The van der Waals surface area contributed by atoms with Crippen LogP contribution in [0.2, 0.25) is 0 Å². The van der Waals surface area contributed by atoms with E-state index in [2.05, 4.69) is 6.58 Å². The molecule has 0 aliphatic rings. The number of hydrogen-bond donors (Lipinski definition) is 0. The van der Waals surface area contributed by atoms with Gasteiger partial charge in [-0.1, -0.05) is 26.5 Å². The smallest absolute Gasteiger partial charge is 0.0988 e. The van der Waals surface area contributed by atoms with Gasteiger partial charge >= 0.3 is 0 Å². The molecule has 2 nitrogen and oxygen atoms in total. The van der Waals surface area contributed by atoms with Gasteiger partial charge in [0.2, 0.25) is 0 Å². The van der Waals surface area contributed by atoms with Crippen LogP contribution in [-0.4, -0.2) is 0 Å². The van der Waals surface area contributed by atoms with Gasteiger partial charge in [-0.25, -0.2) is 0 Å². The second-order valence-corrected chi connectivity index (χ2v) is 1.83. The Bertz CT molecular complexity index is 282. The lowest BCUT2D eigenvalue weighted by Crippen LogP contribution is -1.70. The SMILES string of the molecule is C=C(C#N)/C=C\C(C#N)=C/C.CC.